The van der Waals surface area contributed by atoms with E-state index in [0.717, 1.165) is 28.8 Å². The summed E-state index contributed by atoms with van der Waals surface area (Å²) in [5.74, 6) is 0. The maximum Gasteiger partial charge on any atom is 0.349 e. The molecule has 0 N–H and O–H groups in total. The molecule has 0 unspecified atom stereocenters. The molecule has 0 aliphatic carbocycles. The summed E-state index contributed by atoms with van der Waals surface area (Å²) in [6, 6.07) is 10.1. The molecule has 0 bridgehead atoms. The second-order valence-corrected chi connectivity index (χ2v) is 16.8. The maximum atomic E-state index is 6.92. The standard InChI is InChI=1S/C26H33BrN4O3Si/c1-25(2,3)35(26(4,5)6)32-15-20-19(34-35)14-21(33-20)31-23-22(30-24(31)27)18(28-16-29-23)13-12-17-10-8-7-9-11-17/h7-13,16,19-21H,14-15H2,1-6H3/b13-12+/t19-,20+,21+/m0/s1. The van der Waals surface area contributed by atoms with E-state index in [2.05, 4.69) is 79.6 Å². The zero-order chi connectivity index (χ0) is 25.0. The predicted octanol–water partition coefficient (Wildman–Crippen LogP) is 6.50. The monoisotopic (exact) mass is 556 g/mol. The van der Waals surface area contributed by atoms with E-state index in [9.17, 15) is 0 Å². The van der Waals surface area contributed by atoms with Crippen molar-refractivity contribution in [2.45, 2.75) is 76.5 Å². The fourth-order valence-electron chi connectivity index (χ4n) is 5.51. The Morgan fingerprint density at radius 2 is 1.71 bits per heavy atom. The maximum absolute atomic E-state index is 6.92. The molecule has 2 fully saturated rings. The Hall–Kier alpha value is -1.91. The minimum absolute atomic E-state index is 0.0255. The van der Waals surface area contributed by atoms with Gasteiger partial charge >= 0.3 is 8.56 Å². The van der Waals surface area contributed by atoms with Crippen molar-refractivity contribution in [3.8, 4) is 0 Å². The van der Waals surface area contributed by atoms with Gasteiger partial charge in [0.25, 0.3) is 0 Å². The number of nitrogens with zero attached hydrogens (tertiary/aromatic N) is 4. The lowest BCUT2D eigenvalue weighted by Gasteiger charge is -2.53. The van der Waals surface area contributed by atoms with Crippen LogP contribution in [0.25, 0.3) is 23.3 Å². The highest BCUT2D eigenvalue weighted by atomic mass is 79.9. The van der Waals surface area contributed by atoms with E-state index >= 15 is 0 Å². The normalized spacial score (nSPS) is 24.8. The Balaban J connectivity index is 1.45. The zero-order valence-electron chi connectivity index (χ0n) is 21.2. The molecule has 0 radical (unpaired) electrons. The van der Waals surface area contributed by atoms with Crippen LogP contribution in [0.5, 0.6) is 0 Å². The summed E-state index contributed by atoms with van der Waals surface area (Å²) in [5.41, 5.74) is 3.33. The molecule has 186 valence electrons. The first-order chi connectivity index (χ1) is 16.5. The molecule has 1 aromatic carbocycles. The first-order valence-electron chi connectivity index (χ1n) is 12.1. The molecule has 3 atom stereocenters. The van der Waals surface area contributed by atoms with Crippen molar-refractivity contribution >= 4 is 47.8 Å². The molecule has 3 aromatic rings. The average molecular weight is 558 g/mol. The van der Waals surface area contributed by atoms with Gasteiger partial charge in [0.15, 0.2) is 10.4 Å². The van der Waals surface area contributed by atoms with Crippen molar-refractivity contribution < 1.29 is 13.6 Å². The SMILES string of the molecule is CC(C)(C)[Si]1(C(C)(C)C)OC[C@H]2O[C@@H](n3c(Br)nc4c(/C=C/c5ccccc5)ncnc43)C[C@@H]2O1. The fourth-order valence-corrected chi connectivity index (χ4v) is 11.0. The van der Waals surface area contributed by atoms with Gasteiger partial charge in [0.1, 0.15) is 24.2 Å². The van der Waals surface area contributed by atoms with Crippen molar-refractivity contribution in [2.24, 2.45) is 0 Å². The van der Waals surface area contributed by atoms with Crippen LogP contribution in [0.4, 0.5) is 0 Å². The zero-order valence-corrected chi connectivity index (χ0v) is 23.7. The highest BCUT2D eigenvalue weighted by molar-refractivity contribution is 9.10. The molecule has 9 heteroatoms. The number of hydrogen-bond donors (Lipinski definition) is 0. The summed E-state index contributed by atoms with van der Waals surface area (Å²) in [5, 5.41) is -0.131. The number of imidazole rings is 1. The van der Waals surface area contributed by atoms with Crippen LogP contribution in [0.2, 0.25) is 10.1 Å². The highest BCUT2D eigenvalue weighted by Gasteiger charge is 2.63. The lowest BCUT2D eigenvalue weighted by atomic mass is 10.2. The Bertz CT molecular complexity index is 1240. The van der Waals surface area contributed by atoms with Crippen LogP contribution in [0.1, 0.15) is 65.4 Å². The van der Waals surface area contributed by atoms with E-state index in [1.807, 2.05) is 34.9 Å². The summed E-state index contributed by atoms with van der Waals surface area (Å²) in [7, 11) is -2.56. The molecule has 0 saturated carbocycles. The van der Waals surface area contributed by atoms with E-state index in [0.29, 0.717) is 11.3 Å². The molecule has 2 aromatic heterocycles. The van der Waals surface area contributed by atoms with Gasteiger partial charge in [-0.25, -0.2) is 15.0 Å². The summed E-state index contributed by atoms with van der Waals surface area (Å²) in [6.07, 6.45) is 5.91. The van der Waals surface area contributed by atoms with Crippen LogP contribution < -0.4 is 0 Å². The molecule has 2 saturated heterocycles. The van der Waals surface area contributed by atoms with Crippen LogP contribution >= 0.6 is 15.9 Å². The molecule has 2 aliphatic rings. The summed E-state index contributed by atoms with van der Waals surface area (Å²) >= 11 is 3.65. The van der Waals surface area contributed by atoms with Gasteiger partial charge in [0.05, 0.1) is 18.4 Å². The quantitative estimate of drug-likeness (QED) is 0.270. The topological polar surface area (TPSA) is 71.3 Å². The van der Waals surface area contributed by atoms with Gasteiger partial charge in [0, 0.05) is 16.5 Å². The molecule has 0 spiro atoms. The third-order valence-electron chi connectivity index (χ3n) is 6.91. The molecular formula is C26H33BrN4O3Si. The molecule has 4 heterocycles. The Morgan fingerprint density at radius 3 is 2.40 bits per heavy atom. The average Bonchev–Trinajstić information content (AvgIpc) is 3.35. The number of rotatable bonds is 3. The van der Waals surface area contributed by atoms with Crippen LogP contribution in [0.15, 0.2) is 41.4 Å². The van der Waals surface area contributed by atoms with Crippen molar-refractivity contribution in [2.75, 3.05) is 6.61 Å². The summed E-state index contributed by atoms with van der Waals surface area (Å²) in [6.45, 7) is 14.0. The fraction of sp³-hybridized carbons (Fsp3) is 0.500. The highest BCUT2D eigenvalue weighted by Crippen LogP contribution is 2.56. The molecule has 5 rings (SSSR count). The van der Waals surface area contributed by atoms with Crippen molar-refractivity contribution in [3.05, 3.63) is 52.7 Å². The Kier molecular flexibility index (Phi) is 6.28. The second-order valence-electron chi connectivity index (χ2n) is 11.4. The van der Waals surface area contributed by atoms with Gasteiger partial charge < -0.3 is 13.6 Å². The van der Waals surface area contributed by atoms with E-state index in [1.54, 1.807) is 6.33 Å². The number of benzene rings is 1. The minimum Gasteiger partial charge on any atom is -0.391 e. The molecule has 0 amide bonds. The number of aromatic nitrogens is 4. The number of ether oxygens (including phenoxy) is 1. The first kappa shape index (κ1) is 24.8. The third kappa shape index (κ3) is 4.31. The minimum atomic E-state index is -2.56. The second kappa shape index (κ2) is 8.88. The predicted molar refractivity (Wildman–Crippen MR) is 143 cm³/mol. The lowest BCUT2D eigenvalue weighted by molar-refractivity contribution is -0.0797. The van der Waals surface area contributed by atoms with E-state index in [-0.39, 0.29) is 28.5 Å². The van der Waals surface area contributed by atoms with Crippen LogP contribution in [0.3, 0.4) is 0 Å². The van der Waals surface area contributed by atoms with Gasteiger partial charge in [-0.3, -0.25) is 4.57 Å². The molecule has 2 aliphatic heterocycles. The summed E-state index contributed by atoms with van der Waals surface area (Å²) < 4.78 is 22.7. The van der Waals surface area contributed by atoms with Gasteiger partial charge in [-0.15, -0.1) is 0 Å². The molecular weight excluding hydrogens is 524 g/mol. The van der Waals surface area contributed by atoms with Crippen molar-refractivity contribution in [3.63, 3.8) is 0 Å². The third-order valence-corrected chi connectivity index (χ3v) is 12.6. The van der Waals surface area contributed by atoms with Crippen LogP contribution in [-0.2, 0) is 13.6 Å². The van der Waals surface area contributed by atoms with E-state index in [4.69, 9.17) is 18.6 Å². The van der Waals surface area contributed by atoms with Crippen molar-refractivity contribution in [1.29, 1.82) is 0 Å². The Labute approximate surface area is 216 Å². The van der Waals surface area contributed by atoms with Crippen LogP contribution in [0, 0.1) is 0 Å². The Morgan fingerprint density at radius 1 is 1.00 bits per heavy atom. The van der Waals surface area contributed by atoms with Gasteiger partial charge in [-0.1, -0.05) is 78.0 Å². The smallest absolute Gasteiger partial charge is 0.349 e. The van der Waals surface area contributed by atoms with E-state index in [1.165, 1.54) is 0 Å². The summed E-state index contributed by atoms with van der Waals surface area (Å²) in [4.78, 5) is 13.8. The van der Waals surface area contributed by atoms with E-state index < -0.39 is 8.56 Å². The molecule has 7 nitrogen and oxygen atoms in total. The largest absolute Gasteiger partial charge is 0.391 e. The van der Waals surface area contributed by atoms with Gasteiger partial charge in [0.2, 0.25) is 0 Å². The van der Waals surface area contributed by atoms with Crippen molar-refractivity contribution in [1.82, 2.24) is 19.5 Å². The van der Waals surface area contributed by atoms with Gasteiger partial charge in [-0.05, 0) is 27.6 Å². The van der Waals surface area contributed by atoms with Crippen LogP contribution in [-0.4, -0.2) is 46.9 Å². The first-order valence-corrected chi connectivity index (χ1v) is 14.7. The number of fused-ring (bicyclic) bond motifs is 2. The van der Waals surface area contributed by atoms with Gasteiger partial charge in [-0.2, -0.15) is 0 Å². The molecule has 35 heavy (non-hydrogen) atoms. The number of hydrogen-bond acceptors (Lipinski definition) is 6. The lowest BCUT2D eigenvalue weighted by Crippen LogP contribution is -2.64. The number of halogens is 1.